The maximum absolute atomic E-state index is 12.2. The van der Waals surface area contributed by atoms with Gasteiger partial charge in [0.2, 0.25) is 0 Å². The predicted octanol–water partition coefficient (Wildman–Crippen LogP) is 0.736. The fourth-order valence-corrected chi connectivity index (χ4v) is 2.22. The van der Waals surface area contributed by atoms with E-state index in [9.17, 15) is 4.79 Å². The highest BCUT2D eigenvalue weighted by molar-refractivity contribution is 5.97. The normalized spacial score (nSPS) is 20.1. The molecule has 1 amide bonds. The summed E-state index contributed by atoms with van der Waals surface area (Å²) in [5.41, 5.74) is 8.26. The van der Waals surface area contributed by atoms with E-state index >= 15 is 0 Å². The molecule has 3 N–H and O–H groups in total. The summed E-state index contributed by atoms with van der Waals surface area (Å²) < 4.78 is 0. The Morgan fingerprint density at radius 3 is 3.18 bits per heavy atom. The number of likely N-dealkylation sites (tertiary alicyclic amines) is 1. The number of aromatic nitrogens is 2. The molecule has 17 heavy (non-hydrogen) atoms. The first-order valence-corrected chi connectivity index (χ1v) is 5.72. The number of carbonyl (C=O) groups is 1. The van der Waals surface area contributed by atoms with E-state index < -0.39 is 0 Å². The van der Waals surface area contributed by atoms with E-state index in [1.807, 2.05) is 23.1 Å². The van der Waals surface area contributed by atoms with E-state index in [1.165, 1.54) is 0 Å². The number of hydrogen-bond donors (Lipinski definition) is 2. The zero-order valence-corrected chi connectivity index (χ0v) is 9.39. The Hall–Kier alpha value is -1.88. The second-order valence-corrected chi connectivity index (χ2v) is 4.43. The maximum atomic E-state index is 12.2. The van der Waals surface area contributed by atoms with Crippen LogP contribution in [0.4, 0.5) is 0 Å². The quantitative estimate of drug-likeness (QED) is 0.758. The van der Waals surface area contributed by atoms with E-state index in [1.54, 1.807) is 6.33 Å². The van der Waals surface area contributed by atoms with Gasteiger partial charge in [0.05, 0.1) is 17.4 Å². The molecule has 5 heteroatoms. The molecule has 1 fully saturated rings. The highest BCUT2D eigenvalue weighted by atomic mass is 16.2. The molecule has 2 heterocycles. The lowest BCUT2D eigenvalue weighted by Gasteiger charge is -2.15. The van der Waals surface area contributed by atoms with Gasteiger partial charge in [-0.1, -0.05) is 0 Å². The van der Waals surface area contributed by atoms with Crippen LogP contribution in [0.1, 0.15) is 16.8 Å². The fraction of sp³-hybridized carbons (Fsp3) is 0.333. The van der Waals surface area contributed by atoms with Crippen LogP contribution < -0.4 is 5.73 Å². The monoisotopic (exact) mass is 230 g/mol. The minimum atomic E-state index is 0.0504. The summed E-state index contributed by atoms with van der Waals surface area (Å²) in [4.78, 5) is 21.1. The lowest BCUT2D eigenvalue weighted by atomic mass is 10.2. The topological polar surface area (TPSA) is 75.0 Å². The van der Waals surface area contributed by atoms with Crippen molar-refractivity contribution in [1.29, 1.82) is 0 Å². The van der Waals surface area contributed by atoms with Crippen molar-refractivity contribution in [3.63, 3.8) is 0 Å². The number of imidazole rings is 1. The molecule has 0 unspecified atom stereocenters. The number of carbonyl (C=O) groups excluding carboxylic acids is 1. The molecule has 1 aromatic carbocycles. The summed E-state index contributed by atoms with van der Waals surface area (Å²) >= 11 is 0. The van der Waals surface area contributed by atoms with Crippen LogP contribution in [0.3, 0.4) is 0 Å². The van der Waals surface area contributed by atoms with E-state index in [4.69, 9.17) is 5.73 Å². The smallest absolute Gasteiger partial charge is 0.253 e. The number of nitrogens with two attached hydrogens (primary N) is 1. The molecular formula is C12H14N4O. The van der Waals surface area contributed by atoms with Crippen LogP contribution in [0.5, 0.6) is 0 Å². The van der Waals surface area contributed by atoms with E-state index in [0.717, 1.165) is 24.0 Å². The Kier molecular flexibility index (Phi) is 2.33. The summed E-state index contributed by atoms with van der Waals surface area (Å²) in [7, 11) is 0. The van der Waals surface area contributed by atoms with Gasteiger partial charge in [0, 0.05) is 24.7 Å². The molecule has 1 saturated heterocycles. The third kappa shape index (κ3) is 1.78. The molecule has 0 aliphatic carbocycles. The van der Waals surface area contributed by atoms with Gasteiger partial charge in [-0.15, -0.1) is 0 Å². The van der Waals surface area contributed by atoms with Gasteiger partial charge >= 0.3 is 0 Å². The van der Waals surface area contributed by atoms with Gasteiger partial charge in [-0.25, -0.2) is 4.98 Å². The fourth-order valence-electron chi connectivity index (χ4n) is 2.22. The average Bonchev–Trinajstić information content (AvgIpc) is 2.95. The predicted molar refractivity (Wildman–Crippen MR) is 64.6 cm³/mol. The van der Waals surface area contributed by atoms with Crippen molar-refractivity contribution in [2.75, 3.05) is 13.1 Å². The lowest BCUT2D eigenvalue weighted by Crippen LogP contribution is -2.31. The van der Waals surface area contributed by atoms with Crippen molar-refractivity contribution < 1.29 is 4.79 Å². The molecule has 1 atom stereocenters. The summed E-state index contributed by atoms with van der Waals surface area (Å²) in [6.45, 7) is 1.40. The van der Waals surface area contributed by atoms with Crippen LogP contribution in [-0.4, -0.2) is 39.9 Å². The third-order valence-corrected chi connectivity index (χ3v) is 3.18. The molecule has 5 nitrogen and oxygen atoms in total. The van der Waals surface area contributed by atoms with Gasteiger partial charge in [-0.2, -0.15) is 0 Å². The van der Waals surface area contributed by atoms with Crippen molar-refractivity contribution in [2.45, 2.75) is 12.5 Å². The van der Waals surface area contributed by atoms with E-state index in [-0.39, 0.29) is 11.9 Å². The van der Waals surface area contributed by atoms with Crippen molar-refractivity contribution in [3.05, 3.63) is 30.1 Å². The van der Waals surface area contributed by atoms with Crippen molar-refractivity contribution in [2.24, 2.45) is 5.73 Å². The molecule has 3 rings (SSSR count). The number of nitrogens with one attached hydrogen (secondary N) is 1. The lowest BCUT2D eigenvalue weighted by molar-refractivity contribution is 0.0791. The van der Waals surface area contributed by atoms with Gasteiger partial charge in [0.25, 0.3) is 5.91 Å². The minimum Gasteiger partial charge on any atom is -0.345 e. The van der Waals surface area contributed by atoms with Gasteiger partial charge in [0.1, 0.15) is 0 Å². The number of H-pyrrole nitrogens is 1. The van der Waals surface area contributed by atoms with Gasteiger partial charge in [-0.05, 0) is 24.6 Å². The number of fused-ring (bicyclic) bond motifs is 1. The Bertz CT molecular complexity index is 562. The molecule has 88 valence electrons. The number of nitrogens with zero attached hydrogens (tertiary/aromatic N) is 2. The molecule has 0 spiro atoms. The minimum absolute atomic E-state index is 0.0504. The van der Waals surface area contributed by atoms with Crippen molar-refractivity contribution >= 4 is 16.9 Å². The zero-order chi connectivity index (χ0) is 11.8. The molecule has 1 aromatic heterocycles. The summed E-state index contributed by atoms with van der Waals surface area (Å²) in [6.07, 6.45) is 2.52. The van der Waals surface area contributed by atoms with Crippen molar-refractivity contribution in [1.82, 2.24) is 14.9 Å². The first-order chi connectivity index (χ1) is 8.24. The van der Waals surface area contributed by atoms with Crippen LogP contribution in [0.2, 0.25) is 0 Å². The van der Waals surface area contributed by atoms with Crippen LogP contribution in [-0.2, 0) is 0 Å². The molecule has 2 aromatic rings. The standard InChI is InChI=1S/C12H14N4O/c13-9-3-4-16(6-9)12(17)8-1-2-10-11(5-8)15-7-14-10/h1-2,5,7,9H,3-4,6,13H2,(H,14,15)/t9-/m1/s1. The number of amides is 1. The molecule has 0 bridgehead atoms. The van der Waals surface area contributed by atoms with Crippen molar-refractivity contribution in [3.8, 4) is 0 Å². The summed E-state index contributed by atoms with van der Waals surface area (Å²) in [5.74, 6) is 0.0504. The molecule has 1 aliphatic heterocycles. The van der Waals surface area contributed by atoms with E-state index in [0.29, 0.717) is 12.1 Å². The average molecular weight is 230 g/mol. The van der Waals surface area contributed by atoms with Crippen LogP contribution in [0.15, 0.2) is 24.5 Å². The third-order valence-electron chi connectivity index (χ3n) is 3.18. The number of aromatic amines is 1. The summed E-state index contributed by atoms with van der Waals surface area (Å²) in [6, 6.07) is 5.63. The molecule has 1 aliphatic rings. The summed E-state index contributed by atoms with van der Waals surface area (Å²) in [5, 5.41) is 0. The van der Waals surface area contributed by atoms with Crippen LogP contribution in [0.25, 0.3) is 11.0 Å². The highest BCUT2D eigenvalue weighted by Crippen LogP contribution is 2.16. The first kappa shape index (κ1) is 10.3. The van der Waals surface area contributed by atoms with Crippen LogP contribution in [0, 0.1) is 0 Å². The number of rotatable bonds is 1. The number of benzene rings is 1. The van der Waals surface area contributed by atoms with Crippen LogP contribution >= 0.6 is 0 Å². The SMILES string of the molecule is N[C@@H]1CCN(C(=O)c2ccc3nc[nH]c3c2)C1. The first-order valence-electron chi connectivity index (χ1n) is 5.72. The molecule has 0 saturated carbocycles. The Morgan fingerprint density at radius 2 is 2.41 bits per heavy atom. The van der Waals surface area contributed by atoms with Gasteiger partial charge in [-0.3, -0.25) is 4.79 Å². The molecule has 0 radical (unpaired) electrons. The highest BCUT2D eigenvalue weighted by Gasteiger charge is 2.24. The number of hydrogen-bond acceptors (Lipinski definition) is 3. The maximum Gasteiger partial charge on any atom is 0.253 e. The Morgan fingerprint density at radius 1 is 1.53 bits per heavy atom. The second-order valence-electron chi connectivity index (χ2n) is 4.43. The Labute approximate surface area is 98.6 Å². The largest absolute Gasteiger partial charge is 0.345 e. The van der Waals surface area contributed by atoms with Gasteiger partial charge in [0.15, 0.2) is 0 Å². The van der Waals surface area contributed by atoms with Gasteiger partial charge < -0.3 is 15.6 Å². The second kappa shape index (κ2) is 3.85. The Balaban J connectivity index is 1.89. The molecular weight excluding hydrogens is 216 g/mol. The van der Waals surface area contributed by atoms with E-state index in [2.05, 4.69) is 9.97 Å². The zero-order valence-electron chi connectivity index (χ0n) is 9.39.